The molecule has 24 heavy (non-hydrogen) atoms. The Morgan fingerprint density at radius 2 is 1.62 bits per heavy atom. The van der Waals surface area contributed by atoms with Crippen LogP contribution >= 0.6 is 0 Å². The first kappa shape index (κ1) is 17.0. The molecule has 0 aliphatic carbocycles. The van der Waals surface area contributed by atoms with E-state index in [0.717, 1.165) is 18.2 Å². The molecule has 0 spiro atoms. The third-order valence-corrected chi connectivity index (χ3v) is 4.91. The summed E-state index contributed by atoms with van der Waals surface area (Å²) in [6, 6.07) is 18.4. The van der Waals surface area contributed by atoms with Crippen LogP contribution in [0.3, 0.4) is 0 Å². The molecule has 2 aromatic rings. The lowest BCUT2D eigenvalue weighted by atomic mass is 9.99. The minimum Gasteiger partial charge on any atom is -0.491 e. The van der Waals surface area contributed by atoms with Crippen LogP contribution in [0.1, 0.15) is 19.8 Å². The summed E-state index contributed by atoms with van der Waals surface area (Å²) in [5.41, 5.74) is 2.38. The standard InChI is InChI=1S/C21H27NO2/c1-17-11-13-22(14-12-17)15-20(23)16-24-21-9-7-19(8-10-21)18-5-3-2-4-6-18/h2-10,17,20,23H,11-16H2,1H3/p+1/t20-/m1/s1. The minimum absolute atomic E-state index is 0.365. The summed E-state index contributed by atoms with van der Waals surface area (Å²) in [6.45, 7) is 5.81. The Morgan fingerprint density at radius 3 is 2.29 bits per heavy atom. The summed E-state index contributed by atoms with van der Waals surface area (Å²) in [4.78, 5) is 1.50. The number of ether oxygens (including phenoxy) is 1. The van der Waals surface area contributed by atoms with Gasteiger partial charge in [-0.15, -0.1) is 0 Å². The first-order chi connectivity index (χ1) is 11.7. The normalized spacial score (nSPS) is 22.1. The predicted molar refractivity (Wildman–Crippen MR) is 97.3 cm³/mol. The highest BCUT2D eigenvalue weighted by Crippen LogP contribution is 2.22. The Morgan fingerprint density at radius 1 is 1.00 bits per heavy atom. The average molecular weight is 326 g/mol. The third-order valence-electron chi connectivity index (χ3n) is 4.91. The van der Waals surface area contributed by atoms with Gasteiger partial charge in [-0.2, -0.15) is 0 Å². The van der Waals surface area contributed by atoms with Crippen molar-refractivity contribution in [3.63, 3.8) is 0 Å². The van der Waals surface area contributed by atoms with E-state index in [2.05, 4.69) is 31.2 Å². The average Bonchev–Trinajstić information content (AvgIpc) is 2.63. The molecule has 1 atom stereocenters. The molecule has 0 bridgehead atoms. The molecule has 1 heterocycles. The topological polar surface area (TPSA) is 33.9 Å². The van der Waals surface area contributed by atoms with Crippen molar-refractivity contribution in [3.8, 4) is 16.9 Å². The summed E-state index contributed by atoms with van der Waals surface area (Å²) in [5, 5.41) is 10.2. The third kappa shape index (κ3) is 4.83. The van der Waals surface area contributed by atoms with Crippen LogP contribution < -0.4 is 9.64 Å². The van der Waals surface area contributed by atoms with Gasteiger partial charge < -0.3 is 14.7 Å². The molecule has 3 rings (SSSR count). The van der Waals surface area contributed by atoms with Gasteiger partial charge in [0.2, 0.25) is 0 Å². The zero-order valence-corrected chi connectivity index (χ0v) is 14.4. The number of quaternary nitrogens is 1. The van der Waals surface area contributed by atoms with Gasteiger partial charge in [-0.1, -0.05) is 49.4 Å². The number of benzene rings is 2. The molecule has 1 fully saturated rings. The molecular weight excluding hydrogens is 298 g/mol. The quantitative estimate of drug-likeness (QED) is 0.855. The summed E-state index contributed by atoms with van der Waals surface area (Å²) in [6.07, 6.45) is 2.13. The number of piperidine rings is 1. The SMILES string of the molecule is CC1CC[NH+](C[C@@H](O)COc2ccc(-c3ccccc3)cc2)CC1. The molecule has 1 aliphatic rings. The number of nitrogens with one attached hydrogen (secondary N) is 1. The zero-order valence-electron chi connectivity index (χ0n) is 14.4. The first-order valence-electron chi connectivity index (χ1n) is 9.00. The Balaban J connectivity index is 1.46. The van der Waals surface area contributed by atoms with Gasteiger partial charge in [-0.05, 0) is 42.0 Å². The Hall–Kier alpha value is -1.84. The van der Waals surface area contributed by atoms with Crippen molar-refractivity contribution >= 4 is 0 Å². The summed E-state index contributed by atoms with van der Waals surface area (Å²) >= 11 is 0. The second-order valence-corrected chi connectivity index (χ2v) is 6.99. The lowest BCUT2D eigenvalue weighted by Gasteiger charge is -2.28. The molecule has 0 saturated carbocycles. The highest BCUT2D eigenvalue weighted by molar-refractivity contribution is 5.63. The minimum atomic E-state index is -0.401. The maximum Gasteiger partial charge on any atom is 0.137 e. The maximum atomic E-state index is 10.2. The van der Waals surface area contributed by atoms with Crippen LogP contribution in [0.4, 0.5) is 0 Å². The van der Waals surface area contributed by atoms with E-state index in [1.54, 1.807) is 0 Å². The number of hydrogen-bond donors (Lipinski definition) is 2. The number of rotatable bonds is 6. The summed E-state index contributed by atoms with van der Waals surface area (Å²) < 4.78 is 5.76. The van der Waals surface area contributed by atoms with Crippen LogP contribution in [-0.4, -0.2) is 37.5 Å². The van der Waals surface area contributed by atoms with Gasteiger partial charge in [-0.25, -0.2) is 0 Å². The van der Waals surface area contributed by atoms with Crippen molar-refractivity contribution in [2.75, 3.05) is 26.2 Å². The molecule has 1 saturated heterocycles. The van der Waals surface area contributed by atoms with Crippen LogP contribution in [0.5, 0.6) is 5.75 Å². The molecule has 128 valence electrons. The van der Waals surface area contributed by atoms with E-state index in [-0.39, 0.29) is 0 Å². The van der Waals surface area contributed by atoms with Crippen molar-refractivity contribution in [3.05, 3.63) is 54.6 Å². The van der Waals surface area contributed by atoms with Crippen molar-refractivity contribution in [2.45, 2.75) is 25.9 Å². The largest absolute Gasteiger partial charge is 0.491 e. The van der Waals surface area contributed by atoms with Crippen molar-refractivity contribution in [1.29, 1.82) is 0 Å². The Labute approximate surface area is 144 Å². The number of aliphatic hydroxyl groups excluding tert-OH is 1. The molecule has 3 nitrogen and oxygen atoms in total. The van der Waals surface area contributed by atoms with Crippen molar-refractivity contribution in [2.24, 2.45) is 5.92 Å². The fourth-order valence-corrected chi connectivity index (χ4v) is 3.33. The van der Waals surface area contributed by atoms with Gasteiger partial charge in [0.25, 0.3) is 0 Å². The van der Waals surface area contributed by atoms with E-state index >= 15 is 0 Å². The second-order valence-electron chi connectivity index (χ2n) is 6.99. The lowest BCUT2D eigenvalue weighted by molar-refractivity contribution is -0.909. The predicted octanol–water partition coefficient (Wildman–Crippen LogP) is 2.41. The molecule has 2 aromatic carbocycles. The highest BCUT2D eigenvalue weighted by atomic mass is 16.5. The van der Waals surface area contributed by atoms with Gasteiger partial charge in [-0.3, -0.25) is 0 Å². The van der Waals surface area contributed by atoms with E-state index in [0.29, 0.717) is 6.61 Å². The van der Waals surface area contributed by atoms with Crippen LogP contribution in [0, 0.1) is 5.92 Å². The van der Waals surface area contributed by atoms with Crippen molar-refractivity contribution < 1.29 is 14.7 Å². The number of likely N-dealkylation sites (tertiary alicyclic amines) is 1. The Bertz CT molecular complexity index is 603. The monoisotopic (exact) mass is 326 g/mol. The number of aliphatic hydroxyl groups is 1. The maximum absolute atomic E-state index is 10.2. The first-order valence-corrected chi connectivity index (χ1v) is 9.00. The van der Waals surface area contributed by atoms with Crippen LogP contribution in [0.2, 0.25) is 0 Å². The molecular formula is C21H28NO2+. The molecule has 0 aromatic heterocycles. The van der Waals surface area contributed by atoms with E-state index in [4.69, 9.17) is 4.74 Å². The summed E-state index contributed by atoms with van der Waals surface area (Å²) in [7, 11) is 0. The summed E-state index contributed by atoms with van der Waals surface area (Å²) in [5.74, 6) is 1.65. The lowest BCUT2D eigenvalue weighted by Crippen LogP contribution is -3.14. The van der Waals surface area contributed by atoms with Gasteiger partial charge in [0.1, 0.15) is 25.0 Å². The van der Waals surface area contributed by atoms with E-state index < -0.39 is 6.10 Å². The van der Waals surface area contributed by atoms with Crippen molar-refractivity contribution in [1.82, 2.24) is 0 Å². The number of hydrogen-bond acceptors (Lipinski definition) is 2. The molecule has 3 heteroatoms. The van der Waals surface area contributed by atoms with Crippen LogP contribution in [0.25, 0.3) is 11.1 Å². The Kier molecular flexibility index (Phi) is 5.89. The second kappa shape index (κ2) is 8.32. The van der Waals surface area contributed by atoms with Gasteiger partial charge in [0, 0.05) is 0 Å². The van der Waals surface area contributed by atoms with E-state index in [1.807, 2.05) is 30.3 Å². The molecule has 0 unspecified atom stereocenters. The van der Waals surface area contributed by atoms with Gasteiger partial charge >= 0.3 is 0 Å². The molecule has 0 radical (unpaired) electrons. The zero-order chi connectivity index (χ0) is 16.8. The van der Waals surface area contributed by atoms with Crippen LogP contribution in [-0.2, 0) is 0 Å². The smallest absolute Gasteiger partial charge is 0.137 e. The van der Waals surface area contributed by atoms with Gasteiger partial charge in [0.15, 0.2) is 0 Å². The molecule has 2 N–H and O–H groups in total. The van der Waals surface area contributed by atoms with E-state index in [9.17, 15) is 5.11 Å². The fraction of sp³-hybridized carbons (Fsp3) is 0.429. The fourth-order valence-electron chi connectivity index (χ4n) is 3.33. The van der Waals surface area contributed by atoms with Crippen LogP contribution in [0.15, 0.2) is 54.6 Å². The highest BCUT2D eigenvalue weighted by Gasteiger charge is 2.21. The van der Waals surface area contributed by atoms with E-state index in [1.165, 1.54) is 42.0 Å². The molecule has 1 aliphatic heterocycles. The van der Waals surface area contributed by atoms with Gasteiger partial charge in [0.05, 0.1) is 13.1 Å². The molecule has 0 amide bonds.